The van der Waals surface area contributed by atoms with Gasteiger partial charge in [0.2, 0.25) is 0 Å². The van der Waals surface area contributed by atoms with E-state index in [1.807, 2.05) is 0 Å². The van der Waals surface area contributed by atoms with Crippen molar-refractivity contribution in [2.75, 3.05) is 18.5 Å². The van der Waals surface area contributed by atoms with Gasteiger partial charge in [-0.05, 0) is 43.2 Å². The van der Waals surface area contributed by atoms with Gasteiger partial charge >= 0.3 is 6.09 Å². The molecule has 2 amide bonds. The molecule has 0 spiro atoms. The smallest absolute Gasteiger partial charge is 0.411 e. The molecule has 0 aliphatic carbocycles. The van der Waals surface area contributed by atoms with Crippen molar-refractivity contribution in [1.82, 2.24) is 5.32 Å². The van der Waals surface area contributed by atoms with Crippen LogP contribution in [0.15, 0.2) is 48.5 Å². The van der Waals surface area contributed by atoms with Crippen LogP contribution >= 0.6 is 0 Å². The van der Waals surface area contributed by atoms with Crippen LogP contribution in [0.2, 0.25) is 0 Å². The molecule has 0 saturated carbocycles. The number of hydrogen-bond donors (Lipinski definition) is 2. The van der Waals surface area contributed by atoms with Gasteiger partial charge in [-0.3, -0.25) is 10.1 Å². The minimum Gasteiger partial charge on any atom is -0.450 e. The Balaban J connectivity index is 1.90. The summed E-state index contributed by atoms with van der Waals surface area (Å²) in [5.41, 5.74) is 1.42. The number of hydrogen-bond acceptors (Lipinski definition) is 3. The van der Waals surface area contributed by atoms with Crippen molar-refractivity contribution in [3.63, 3.8) is 0 Å². The van der Waals surface area contributed by atoms with E-state index in [2.05, 4.69) is 10.6 Å². The fraction of sp³-hybridized carbons (Fsp3) is 0.222. The average Bonchev–Trinajstić information content (AvgIpc) is 2.57. The van der Waals surface area contributed by atoms with Gasteiger partial charge < -0.3 is 10.1 Å². The zero-order chi connectivity index (χ0) is 17.4. The summed E-state index contributed by atoms with van der Waals surface area (Å²) in [7, 11) is 0. The van der Waals surface area contributed by atoms with Gasteiger partial charge in [-0.15, -0.1) is 0 Å². The minimum atomic E-state index is -0.574. The van der Waals surface area contributed by atoms with E-state index in [1.165, 1.54) is 6.07 Å². The first-order valence-corrected chi connectivity index (χ1v) is 7.65. The highest BCUT2D eigenvalue weighted by Crippen LogP contribution is 2.11. The van der Waals surface area contributed by atoms with E-state index in [4.69, 9.17) is 4.74 Å². The van der Waals surface area contributed by atoms with Crippen LogP contribution in [0, 0.1) is 5.82 Å². The Morgan fingerprint density at radius 1 is 1.12 bits per heavy atom. The maximum absolute atomic E-state index is 13.5. The van der Waals surface area contributed by atoms with Crippen molar-refractivity contribution in [2.24, 2.45) is 0 Å². The van der Waals surface area contributed by atoms with Crippen LogP contribution in [-0.2, 0) is 11.2 Å². The van der Waals surface area contributed by atoms with E-state index in [0.717, 1.165) is 0 Å². The van der Waals surface area contributed by atoms with Crippen molar-refractivity contribution in [3.8, 4) is 0 Å². The minimum absolute atomic E-state index is 0.266. The molecule has 2 rings (SSSR count). The quantitative estimate of drug-likeness (QED) is 0.853. The molecule has 6 heteroatoms. The first-order valence-electron chi connectivity index (χ1n) is 7.65. The van der Waals surface area contributed by atoms with Crippen LogP contribution in [0.25, 0.3) is 0 Å². The predicted molar refractivity (Wildman–Crippen MR) is 89.5 cm³/mol. The van der Waals surface area contributed by atoms with Crippen LogP contribution in [0.5, 0.6) is 0 Å². The Bertz CT molecular complexity index is 719. The highest BCUT2D eigenvalue weighted by atomic mass is 19.1. The Kier molecular flexibility index (Phi) is 6.31. The highest BCUT2D eigenvalue weighted by Gasteiger charge is 2.08. The molecule has 2 aromatic rings. The fourth-order valence-electron chi connectivity index (χ4n) is 2.14. The van der Waals surface area contributed by atoms with Crippen molar-refractivity contribution < 1.29 is 18.7 Å². The van der Waals surface area contributed by atoms with Crippen LogP contribution < -0.4 is 10.6 Å². The van der Waals surface area contributed by atoms with Crippen LogP contribution in [-0.4, -0.2) is 25.2 Å². The van der Waals surface area contributed by atoms with Gasteiger partial charge in [-0.25, -0.2) is 9.18 Å². The molecule has 0 aromatic heterocycles. The topological polar surface area (TPSA) is 67.4 Å². The number of nitrogens with one attached hydrogen (secondary N) is 2. The second kappa shape index (κ2) is 8.67. The lowest BCUT2D eigenvalue weighted by molar-refractivity contribution is 0.0954. The molecule has 2 aromatic carbocycles. The third kappa shape index (κ3) is 5.08. The number of rotatable bonds is 6. The Hall–Kier alpha value is -2.89. The molecule has 0 saturated heterocycles. The molecule has 24 heavy (non-hydrogen) atoms. The van der Waals surface area contributed by atoms with Crippen LogP contribution in [0.1, 0.15) is 22.8 Å². The van der Waals surface area contributed by atoms with Gasteiger partial charge in [0.25, 0.3) is 5.91 Å². The lowest BCUT2D eigenvalue weighted by Gasteiger charge is -2.08. The molecular weight excluding hydrogens is 311 g/mol. The van der Waals surface area contributed by atoms with E-state index in [9.17, 15) is 14.0 Å². The lowest BCUT2D eigenvalue weighted by atomic mass is 10.1. The summed E-state index contributed by atoms with van der Waals surface area (Å²) in [4.78, 5) is 23.5. The molecule has 2 N–H and O–H groups in total. The third-order valence-corrected chi connectivity index (χ3v) is 3.28. The van der Waals surface area contributed by atoms with Crippen LogP contribution in [0.3, 0.4) is 0 Å². The zero-order valence-corrected chi connectivity index (χ0v) is 13.3. The second-order valence-corrected chi connectivity index (χ2v) is 5.02. The Morgan fingerprint density at radius 3 is 2.67 bits per heavy atom. The van der Waals surface area contributed by atoms with Gasteiger partial charge in [0, 0.05) is 17.8 Å². The first-order chi connectivity index (χ1) is 11.6. The number of anilines is 1. The van der Waals surface area contributed by atoms with Crippen molar-refractivity contribution in [2.45, 2.75) is 13.3 Å². The molecular formula is C18H19FN2O3. The monoisotopic (exact) mass is 330 g/mol. The predicted octanol–water partition coefficient (Wildman–Crippen LogP) is 3.37. The Labute approximate surface area is 139 Å². The van der Waals surface area contributed by atoms with Gasteiger partial charge in [0.1, 0.15) is 5.82 Å². The number of benzene rings is 2. The summed E-state index contributed by atoms with van der Waals surface area (Å²) in [5.74, 6) is -0.578. The second-order valence-electron chi connectivity index (χ2n) is 5.02. The van der Waals surface area contributed by atoms with E-state index >= 15 is 0 Å². The van der Waals surface area contributed by atoms with Crippen molar-refractivity contribution in [1.29, 1.82) is 0 Å². The van der Waals surface area contributed by atoms with Crippen LogP contribution in [0.4, 0.5) is 14.9 Å². The summed E-state index contributed by atoms with van der Waals surface area (Å²) < 4.78 is 18.3. The summed E-state index contributed by atoms with van der Waals surface area (Å²) in [6.45, 7) is 2.29. The van der Waals surface area contributed by atoms with E-state index in [-0.39, 0.29) is 18.3 Å². The molecule has 0 heterocycles. The van der Waals surface area contributed by atoms with Gasteiger partial charge in [0.15, 0.2) is 0 Å². The zero-order valence-electron chi connectivity index (χ0n) is 13.3. The van der Waals surface area contributed by atoms with E-state index < -0.39 is 6.09 Å². The maximum atomic E-state index is 13.5. The van der Waals surface area contributed by atoms with Gasteiger partial charge in [-0.1, -0.05) is 24.3 Å². The normalized spacial score (nSPS) is 10.1. The molecule has 126 valence electrons. The fourth-order valence-corrected chi connectivity index (χ4v) is 2.14. The number of carbonyl (C=O) groups excluding carboxylic acids is 2. The molecule has 0 unspecified atom stereocenters. The molecule has 0 aliphatic rings. The molecule has 0 fully saturated rings. The Morgan fingerprint density at radius 2 is 1.92 bits per heavy atom. The van der Waals surface area contributed by atoms with Crippen molar-refractivity contribution >= 4 is 17.7 Å². The highest BCUT2D eigenvalue weighted by molar-refractivity contribution is 5.96. The van der Waals surface area contributed by atoms with E-state index in [0.29, 0.717) is 29.8 Å². The molecule has 5 nitrogen and oxygen atoms in total. The maximum Gasteiger partial charge on any atom is 0.411 e. The van der Waals surface area contributed by atoms with Gasteiger partial charge in [0.05, 0.1) is 6.61 Å². The first kappa shape index (κ1) is 17.5. The summed E-state index contributed by atoms with van der Waals surface area (Å²) in [6.07, 6.45) is -0.172. The summed E-state index contributed by atoms with van der Waals surface area (Å²) in [6, 6.07) is 13.0. The largest absolute Gasteiger partial charge is 0.450 e. The van der Waals surface area contributed by atoms with Crippen molar-refractivity contribution in [3.05, 3.63) is 65.5 Å². The SMILES string of the molecule is CCOC(=O)Nc1cccc(C(=O)NCCc2ccccc2F)c1. The number of carbonyl (C=O) groups is 2. The molecule has 0 bridgehead atoms. The summed E-state index contributed by atoms with van der Waals surface area (Å²) in [5, 5.41) is 5.27. The molecule has 0 aliphatic heterocycles. The average molecular weight is 330 g/mol. The lowest BCUT2D eigenvalue weighted by Crippen LogP contribution is -2.26. The standard InChI is InChI=1S/C18H19FN2O3/c1-2-24-18(23)21-15-8-5-7-14(12-15)17(22)20-11-10-13-6-3-4-9-16(13)19/h3-9,12H,2,10-11H2,1H3,(H,20,22)(H,21,23). The van der Waals surface area contributed by atoms with E-state index in [1.54, 1.807) is 49.4 Å². The number of ether oxygens (including phenoxy) is 1. The third-order valence-electron chi connectivity index (χ3n) is 3.28. The number of amides is 2. The van der Waals surface area contributed by atoms with Gasteiger partial charge in [-0.2, -0.15) is 0 Å². The number of halogens is 1. The summed E-state index contributed by atoms with van der Waals surface area (Å²) >= 11 is 0. The molecule has 0 atom stereocenters. The molecule has 0 radical (unpaired) electrons.